The fourth-order valence-corrected chi connectivity index (χ4v) is 0.628. The zero-order valence-corrected chi connectivity index (χ0v) is 8.42. The van der Waals surface area contributed by atoms with E-state index in [-0.39, 0.29) is 0 Å². The first-order valence-electron chi connectivity index (χ1n) is 3.91. The first-order chi connectivity index (χ1) is 7.27. The molecule has 86 valence electrons. The lowest BCUT2D eigenvalue weighted by Crippen LogP contribution is -2.23. The molecule has 0 radical (unpaired) electrons. The topological polar surface area (TPSA) is 133 Å². The zero-order valence-electron chi connectivity index (χ0n) is 8.42. The molecule has 0 rings (SSSR count). The van der Waals surface area contributed by atoms with Gasteiger partial charge in [0.25, 0.3) is 0 Å². The summed E-state index contributed by atoms with van der Waals surface area (Å²) < 4.78 is 0. The van der Waals surface area contributed by atoms with E-state index in [9.17, 15) is 19.2 Å². The van der Waals surface area contributed by atoms with E-state index in [1.165, 1.54) is 0 Å². The van der Waals surface area contributed by atoms with Crippen LogP contribution in [0.15, 0.2) is 10.2 Å². The molecule has 0 heterocycles. The normalized spacial score (nSPS) is 12.1. The summed E-state index contributed by atoms with van der Waals surface area (Å²) in [6, 6.07) is 0. The van der Waals surface area contributed by atoms with Gasteiger partial charge in [0.15, 0.2) is 11.6 Å². The number of hydrogen-bond acceptors (Lipinski definition) is 6. The molecule has 0 spiro atoms. The van der Waals surface area contributed by atoms with Crippen LogP contribution < -0.4 is 0 Å². The highest BCUT2D eigenvalue weighted by Crippen LogP contribution is 1.89. The summed E-state index contributed by atoms with van der Waals surface area (Å²) in [5, 5.41) is 22.8. The van der Waals surface area contributed by atoms with Crippen molar-refractivity contribution in [3.8, 4) is 0 Å². The molecule has 0 aromatic heterocycles. The van der Waals surface area contributed by atoms with Crippen LogP contribution in [0.2, 0.25) is 0 Å². The molecule has 0 fully saturated rings. The molecular weight excluding hydrogens is 220 g/mol. The Morgan fingerprint density at radius 1 is 0.750 bits per heavy atom. The maximum atomic E-state index is 10.7. The highest BCUT2D eigenvalue weighted by molar-refractivity contribution is 6.65. The van der Waals surface area contributed by atoms with Crippen molar-refractivity contribution in [2.75, 3.05) is 0 Å². The van der Waals surface area contributed by atoms with E-state index in [4.69, 9.17) is 10.2 Å². The van der Waals surface area contributed by atoms with Crippen LogP contribution in [-0.4, -0.2) is 45.1 Å². The SMILES string of the molecule is CC(=O)/C(=N/N=C(/C(C)=O)C(=O)O)C(=O)O. The number of carbonyl (C=O) groups excluding carboxylic acids is 2. The molecule has 0 saturated heterocycles. The van der Waals surface area contributed by atoms with Crippen LogP contribution in [0.4, 0.5) is 0 Å². The second kappa shape index (κ2) is 5.49. The van der Waals surface area contributed by atoms with Crippen molar-refractivity contribution in [1.29, 1.82) is 0 Å². The van der Waals surface area contributed by atoms with E-state index >= 15 is 0 Å². The van der Waals surface area contributed by atoms with Gasteiger partial charge in [0.2, 0.25) is 11.4 Å². The third kappa shape index (κ3) is 3.78. The molecule has 2 N–H and O–H groups in total. The number of Topliss-reactive ketones (excluding diaryl/α,β-unsaturated/α-hetero) is 2. The molecule has 0 atom stereocenters. The van der Waals surface area contributed by atoms with Crippen molar-refractivity contribution in [3.63, 3.8) is 0 Å². The summed E-state index contributed by atoms with van der Waals surface area (Å²) in [6.45, 7) is 1.85. The van der Waals surface area contributed by atoms with Crippen LogP contribution >= 0.6 is 0 Å². The van der Waals surface area contributed by atoms with Crippen LogP contribution in [0.5, 0.6) is 0 Å². The Balaban J connectivity index is 5.36. The van der Waals surface area contributed by atoms with Crippen molar-refractivity contribution >= 4 is 34.9 Å². The predicted octanol–water partition coefficient (Wildman–Crippen LogP) is -0.869. The highest BCUT2D eigenvalue weighted by Gasteiger charge is 2.18. The molecular formula is C8H8N2O6. The van der Waals surface area contributed by atoms with Crippen LogP contribution in [-0.2, 0) is 19.2 Å². The monoisotopic (exact) mass is 228 g/mol. The summed E-state index contributed by atoms with van der Waals surface area (Å²) >= 11 is 0. The minimum absolute atomic E-state index is 0.899. The maximum absolute atomic E-state index is 10.7. The van der Waals surface area contributed by atoms with Gasteiger partial charge < -0.3 is 10.2 Å². The average molecular weight is 228 g/mol. The Bertz CT molecular complexity index is 348. The Labute approximate surface area is 89.3 Å². The number of rotatable bonds is 5. The van der Waals surface area contributed by atoms with Crippen LogP contribution in [0.25, 0.3) is 0 Å². The molecule has 0 saturated carbocycles. The molecule has 0 aliphatic carbocycles. The van der Waals surface area contributed by atoms with Gasteiger partial charge >= 0.3 is 11.9 Å². The van der Waals surface area contributed by atoms with Gasteiger partial charge in [-0.05, 0) is 0 Å². The minimum atomic E-state index is -1.65. The van der Waals surface area contributed by atoms with Crippen molar-refractivity contribution < 1.29 is 29.4 Å². The fourth-order valence-electron chi connectivity index (χ4n) is 0.628. The number of aliphatic carboxylic acids is 2. The van der Waals surface area contributed by atoms with E-state index in [1.54, 1.807) is 0 Å². The fraction of sp³-hybridized carbons (Fsp3) is 0.250. The summed E-state index contributed by atoms with van der Waals surface area (Å²) in [5.74, 6) is -5.09. The van der Waals surface area contributed by atoms with Crippen molar-refractivity contribution in [3.05, 3.63) is 0 Å². The van der Waals surface area contributed by atoms with Crippen LogP contribution in [0, 0.1) is 0 Å². The number of hydrogen-bond donors (Lipinski definition) is 2. The summed E-state index contributed by atoms with van der Waals surface area (Å²) in [5.41, 5.74) is -1.89. The highest BCUT2D eigenvalue weighted by atomic mass is 16.4. The molecule has 0 amide bonds. The van der Waals surface area contributed by atoms with E-state index in [1.807, 2.05) is 0 Å². The number of carbonyl (C=O) groups is 4. The van der Waals surface area contributed by atoms with Crippen LogP contribution in [0.1, 0.15) is 13.8 Å². The van der Waals surface area contributed by atoms with Crippen molar-refractivity contribution in [2.45, 2.75) is 13.8 Å². The summed E-state index contributed by atoms with van der Waals surface area (Å²) in [7, 11) is 0. The zero-order chi connectivity index (χ0) is 12.9. The minimum Gasteiger partial charge on any atom is -0.476 e. The number of carboxylic acid groups (broad SMARTS) is 2. The lowest BCUT2D eigenvalue weighted by Gasteiger charge is -1.94. The van der Waals surface area contributed by atoms with E-state index in [0.717, 1.165) is 13.8 Å². The molecule has 0 aliphatic heterocycles. The Hall–Kier alpha value is -2.38. The molecule has 0 bridgehead atoms. The van der Waals surface area contributed by atoms with Gasteiger partial charge in [-0.25, -0.2) is 9.59 Å². The Morgan fingerprint density at radius 3 is 1.12 bits per heavy atom. The number of nitrogens with zero attached hydrogens (tertiary/aromatic N) is 2. The van der Waals surface area contributed by atoms with E-state index in [2.05, 4.69) is 10.2 Å². The summed E-state index contributed by atoms with van der Waals surface area (Å²) in [6.07, 6.45) is 0. The second-order valence-corrected chi connectivity index (χ2v) is 2.62. The molecule has 8 heteroatoms. The number of ketones is 2. The molecule has 16 heavy (non-hydrogen) atoms. The van der Waals surface area contributed by atoms with Crippen molar-refractivity contribution in [1.82, 2.24) is 0 Å². The second-order valence-electron chi connectivity index (χ2n) is 2.62. The lowest BCUT2D eigenvalue weighted by molar-refractivity contribution is -0.131. The van der Waals surface area contributed by atoms with Gasteiger partial charge in [0, 0.05) is 13.8 Å². The summed E-state index contributed by atoms with van der Waals surface area (Å²) in [4.78, 5) is 42.3. The van der Waals surface area contributed by atoms with Gasteiger partial charge in [0.05, 0.1) is 0 Å². The maximum Gasteiger partial charge on any atom is 0.360 e. The standard InChI is InChI=1S/C8H8N2O6/c1-3(11)5(7(13)14)9-10-6(4(2)12)8(15)16/h1-2H3,(H,13,14)(H,15,16)/b9-5-,10-6-. The molecule has 0 aromatic carbocycles. The van der Waals surface area contributed by atoms with Gasteiger partial charge in [-0.3, -0.25) is 9.59 Å². The van der Waals surface area contributed by atoms with Gasteiger partial charge in [0.1, 0.15) is 0 Å². The third-order valence-corrected chi connectivity index (χ3v) is 1.32. The first kappa shape index (κ1) is 13.6. The number of carboxylic acids is 2. The molecule has 0 aliphatic rings. The Morgan fingerprint density at radius 2 is 1.00 bits per heavy atom. The third-order valence-electron chi connectivity index (χ3n) is 1.32. The van der Waals surface area contributed by atoms with Gasteiger partial charge in [-0.1, -0.05) is 0 Å². The largest absolute Gasteiger partial charge is 0.476 e. The smallest absolute Gasteiger partial charge is 0.360 e. The molecule has 0 aromatic rings. The van der Waals surface area contributed by atoms with Gasteiger partial charge in [-0.2, -0.15) is 0 Å². The van der Waals surface area contributed by atoms with Crippen molar-refractivity contribution in [2.24, 2.45) is 10.2 Å². The lowest BCUT2D eigenvalue weighted by atomic mass is 10.3. The predicted molar refractivity (Wildman–Crippen MR) is 51.5 cm³/mol. The first-order valence-corrected chi connectivity index (χ1v) is 3.91. The quantitative estimate of drug-likeness (QED) is 0.357. The van der Waals surface area contributed by atoms with Gasteiger partial charge in [-0.15, -0.1) is 10.2 Å². The van der Waals surface area contributed by atoms with E-state index < -0.39 is 34.9 Å². The molecule has 0 unspecified atom stereocenters. The molecule has 8 nitrogen and oxygen atoms in total. The Kier molecular flexibility index (Phi) is 4.67. The van der Waals surface area contributed by atoms with E-state index in [0.29, 0.717) is 0 Å². The average Bonchev–Trinajstić information content (AvgIpc) is 2.09. The van der Waals surface area contributed by atoms with Crippen LogP contribution in [0.3, 0.4) is 0 Å².